The van der Waals surface area contributed by atoms with Crippen molar-refractivity contribution in [3.63, 3.8) is 0 Å². The average Bonchev–Trinajstić information content (AvgIpc) is 3.12. The van der Waals surface area contributed by atoms with Crippen LogP contribution in [0.3, 0.4) is 0 Å². The van der Waals surface area contributed by atoms with Crippen molar-refractivity contribution in [1.29, 1.82) is 5.26 Å². The summed E-state index contributed by atoms with van der Waals surface area (Å²) in [5.41, 5.74) is -0.192. The molecule has 0 bridgehead atoms. The molecular formula is C12H10BrN3O3. The average molecular weight is 324 g/mol. The molecule has 2 rings (SSSR count). The Labute approximate surface area is 117 Å². The Morgan fingerprint density at radius 1 is 1.42 bits per heavy atom. The van der Waals surface area contributed by atoms with Crippen molar-refractivity contribution in [3.8, 4) is 6.07 Å². The summed E-state index contributed by atoms with van der Waals surface area (Å²) in [6.45, 7) is 0. The minimum atomic E-state index is -1.12. The number of benzene rings is 1. The second-order valence-corrected chi connectivity index (χ2v) is 5.13. The summed E-state index contributed by atoms with van der Waals surface area (Å²) < 4.78 is 0.557. The van der Waals surface area contributed by atoms with Crippen molar-refractivity contribution in [3.05, 3.63) is 28.2 Å². The number of nitriles is 1. The van der Waals surface area contributed by atoms with E-state index in [-0.39, 0.29) is 0 Å². The highest BCUT2D eigenvalue weighted by Crippen LogP contribution is 2.35. The van der Waals surface area contributed by atoms with E-state index in [1.54, 1.807) is 18.2 Å². The number of hydrogen-bond acceptors (Lipinski definition) is 3. The Hall–Kier alpha value is -2.07. The van der Waals surface area contributed by atoms with Crippen LogP contribution in [0.2, 0.25) is 0 Å². The van der Waals surface area contributed by atoms with Crippen LogP contribution in [0.5, 0.6) is 0 Å². The van der Waals surface area contributed by atoms with Crippen LogP contribution in [-0.4, -0.2) is 22.6 Å². The molecule has 1 aliphatic rings. The topological polar surface area (TPSA) is 102 Å². The molecule has 98 valence electrons. The molecule has 19 heavy (non-hydrogen) atoms. The number of carbonyl (C=O) groups excluding carboxylic acids is 1. The number of carboxylic acid groups (broad SMARTS) is 1. The molecule has 1 fully saturated rings. The number of amides is 2. The summed E-state index contributed by atoms with van der Waals surface area (Å²) >= 11 is 3.23. The van der Waals surface area contributed by atoms with Gasteiger partial charge in [0.2, 0.25) is 0 Å². The first-order chi connectivity index (χ1) is 8.97. The maximum atomic E-state index is 11.7. The molecule has 7 heteroatoms. The van der Waals surface area contributed by atoms with Gasteiger partial charge < -0.3 is 15.7 Å². The van der Waals surface area contributed by atoms with E-state index in [0.717, 1.165) is 0 Å². The van der Waals surface area contributed by atoms with E-state index < -0.39 is 17.5 Å². The normalized spacial score (nSPS) is 15.2. The minimum Gasteiger partial charge on any atom is -0.480 e. The van der Waals surface area contributed by atoms with E-state index in [1.807, 2.05) is 6.07 Å². The first kappa shape index (κ1) is 13.4. The molecule has 1 aliphatic carbocycles. The van der Waals surface area contributed by atoms with E-state index in [0.29, 0.717) is 28.6 Å². The van der Waals surface area contributed by atoms with Crippen LogP contribution in [0.1, 0.15) is 18.4 Å². The van der Waals surface area contributed by atoms with Gasteiger partial charge >= 0.3 is 12.0 Å². The highest BCUT2D eigenvalue weighted by atomic mass is 79.9. The Morgan fingerprint density at radius 3 is 2.58 bits per heavy atom. The third-order valence-electron chi connectivity index (χ3n) is 2.86. The molecule has 2 amide bonds. The SMILES string of the molecule is N#Cc1ccc(NC(=O)NC2(C(=O)O)CC2)c(Br)c1. The molecule has 1 aromatic rings. The van der Waals surface area contributed by atoms with Gasteiger partial charge in [-0.05, 0) is 47.0 Å². The predicted molar refractivity (Wildman–Crippen MR) is 70.6 cm³/mol. The minimum absolute atomic E-state index is 0.435. The van der Waals surface area contributed by atoms with E-state index >= 15 is 0 Å². The molecule has 6 nitrogen and oxygen atoms in total. The molecule has 0 aromatic heterocycles. The van der Waals surface area contributed by atoms with Crippen molar-refractivity contribution < 1.29 is 14.7 Å². The lowest BCUT2D eigenvalue weighted by Crippen LogP contribution is -2.45. The van der Waals surface area contributed by atoms with E-state index in [2.05, 4.69) is 26.6 Å². The number of halogens is 1. The van der Waals surface area contributed by atoms with Gasteiger partial charge in [-0.3, -0.25) is 0 Å². The van der Waals surface area contributed by atoms with Gasteiger partial charge in [-0.15, -0.1) is 0 Å². The van der Waals surface area contributed by atoms with Crippen molar-refractivity contribution in [2.24, 2.45) is 0 Å². The van der Waals surface area contributed by atoms with Gasteiger partial charge in [0.15, 0.2) is 0 Å². The van der Waals surface area contributed by atoms with Crippen LogP contribution in [0, 0.1) is 11.3 Å². The second kappa shape index (κ2) is 4.90. The Bertz CT molecular complexity index is 590. The second-order valence-electron chi connectivity index (χ2n) is 4.27. The van der Waals surface area contributed by atoms with E-state index in [4.69, 9.17) is 10.4 Å². The molecule has 0 aliphatic heterocycles. The quantitative estimate of drug-likeness (QED) is 0.792. The van der Waals surface area contributed by atoms with Crippen molar-refractivity contribution in [1.82, 2.24) is 5.32 Å². The molecule has 3 N–H and O–H groups in total. The first-order valence-electron chi connectivity index (χ1n) is 5.49. The number of urea groups is 1. The van der Waals surface area contributed by atoms with Crippen molar-refractivity contribution in [2.75, 3.05) is 5.32 Å². The molecule has 0 saturated heterocycles. The fourth-order valence-electron chi connectivity index (χ4n) is 1.57. The lowest BCUT2D eigenvalue weighted by Gasteiger charge is -2.14. The molecule has 0 atom stereocenters. The van der Waals surface area contributed by atoms with Gasteiger partial charge in [-0.25, -0.2) is 9.59 Å². The highest BCUT2D eigenvalue weighted by Gasteiger charge is 2.51. The largest absolute Gasteiger partial charge is 0.480 e. The number of nitrogens with one attached hydrogen (secondary N) is 2. The number of hydrogen-bond donors (Lipinski definition) is 3. The molecular weight excluding hydrogens is 314 g/mol. The lowest BCUT2D eigenvalue weighted by atomic mass is 10.2. The standard InChI is InChI=1S/C12H10BrN3O3/c13-8-5-7(6-14)1-2-9(8)15-11(19)16-12(3-4-12)10(17)18/h1-2,5H,3-4H2,(H,17,18)(H2,15,16,19). The van der Waals surface area contributed by atoms with Crippen LogP contribution in [0.15, 0.2) is 22.7 Å². The number of nitrogens with zero attached hydrogens (tertiary/aromatic N) is 1. The van der Waals surface area contributed by atoms with E-state index in [1.165, 1.54) is 0 Å². The molecule has 1 saturated carbocycles. The molecule has 0 spiro atoms. The number of carboxylic acids is 1. The van der Waals surface area contributed by atoms with Gasteiger partial charge in [-0.2, -0.15) is 5.26 Å². The molecule has 0 unspecified atom stereocenters. The zero-order valence-corrected chi connectivity index (χ0v) is 11.3. The zero-order valence-electron chi connectivity index (χ0n) is 9.74. The smallest absolute Gasteiger partial charge is 0.329 e. The third kappa shape index (κ3) is 2.85. The molecule has 1 aromatic carbocycles. The van der Waals surface area contributed by atoms with Crippen LogP contribution >= 0.6 is 15.9 Å². The maximum absolute atomic E-state index is 11.7. The highest BCUT2D eigenvalue weighted by molar-refractivity contribution is 9.10. The summed E-state index contributed by atoms with van der Waals surface area (Å²) in [5.74, 6) is -1.03. The van der Waals surface area contributed by atoms with Gasteiger partial charge in [0, 0.05) is 4.47 Å². The fraction of sp³-hybridized carbons (Fsp3) is 0.250. The van der Waals surface area contributed by atoms with Crippen LogP contribution in [0.4, 0.5) is 10.5 Å². The summed E-state index contributed by atoms with van der Waals surface area (Å²) in [6.07, 6.45) is 0.870. The maximum Gasteiger partial charge on any atom is 0.329 e. The predicted octanol–water partition coefficient (Wildman–Crippen LogP) is 2.06. The monoisotopic (exact) mass is 323 g/mol. The Balaban J connectivity index is 2.04. The Kier molecular flexibility index (Phi) is 3.44. The number of anilines is 1. The summed E-state index contributed by atoms with van der Waals surface area (Å²) in [7, 11) is 0. The van der Waals surface area contributed by atoms with Crippen LogP contribution in [-0.2, 0) is 4.79 Å². The van der Waals surface area contributed by atoms with Gasteiger partial charge in [0.1, 0.15) is 5.54 Å². The third-order valence-corrected chi connectivity index (χ3v) is 3.51. The van der Waals surface area contributed by atoms with Crippen LogP contribution in [0.25, 0.3) is 0 Å². The fourth-order valence-corrected chi connectivity index (χ4v) is 2.05. The summed E-state index contributed by atoms with van der Waals surface area (Å²) in [4.78, 5) is 22.6. The molecule has 0 heterocycles. The van der Waals surface area contributed by atoms with E-state index in [9.17, 15) is 9.59 Å². The number of carbonyl (C=O) groups is 2. The first-order valence-corrected chi connectivity index (χ1v) is 6.28. The van der Waals surface area contributed by atoms with Gasteiger partial charge in [0.05, 0.1) is 17.3 Å². The Morgan fingerprint density at radius 2 is 2.11 bits per heavy atom. The number of aliphatic carboxylic acids is 1. The lowest BCUT2D eigenvalue weighted by molar-refractivity contribution is -0.140. The summed E-state index contributed by atoms with van der Waals surface area (Å²) in [5, 5.41) is 22.7. The van der Waals surface area contributed by atoms with Crippen LogP contribution < -0.4 is 10.6 Å². The van der Waals surface area contributed by atoms with Gasteiger partial charge in [-0.1, -0.05) is 0 Å². The van der Waals surface area contributed by atoms with Gasteiger partial charge in [0.25, 0.3) is 0 Å². The zero-order chi connectivity index (χ0) is 14.0. The van der Waals surface area contributed by atoms with Crippen molar-refractivity contribution >= 4 is 33.6 Å². The number of rotatable bonds is 3. The molecule has 0 radical (unpaired) electrons. The summed E-state index contributed by atoms with van der Waals surface area (Å²) in [6, 6.07) is 6.10. The van der Waals surface area contributed by atoms with Crippen molar-refractivity contribution in [2.45, 2.75) is 18.4 Å².